The number of fused-ring (bicyclic) bond motifs is 1. The minimum absolute atomic E-state index is 0.0741. The Morgan fingerprint density at radius 3 is 2.86 bits per heavy atom. The second-order valence-electron chi connectivity index (χ2n) is 5.18. The Balaban J connectivity index is 1.87. The molecule has 106 valence electrons. The highest BCUT2D eigenvalue weighted by Gasteiger charge is 2.15. The summed E-state index contributed by atoms with van der Waals surface area (Å²) in [6.45, 7) is 4.37. The molecule has 1 aromatic carbocycles. The number of aromatic nitrogens is 2. The maximum Gasteiger partial charge on any atom is 0.254 e. The summed E-state index contributed by atoms with van der Waals surface area (Å²) >= 11 is 0. The van der Waals surface area contributed by atoms with Gasteiger partial charge in [0.25, 0.3) is 5.91 Å². The summed E-state index contributed by atoms with van der Waals surface area (Å²) in [4.78, 5) is 19.9. The molecule has 0 saturated carbocycles. The van der Waals surface area contributed by atoms with Crippen molar-refractivity contribution in [3.8, 4) is 0 Å². The van der Waals surface area contributed by atoms with Crippen molar-refractivity contribution < 1.29 is 4.79 Å². The molecule has 0 fully saturated rings. The maximum atomic E-state index is 12.5. The normalized spacial score (nSPS) is 10.8. The summed E-state index contributed by atoms with van der Waals surface area (Å²) in [7, 11) is 0. The van der Waals surface area contributed by atoms with Crippen LogP contribution in [-0.4, -0.2) is 15.9 Å². The van der Waals surface area contributed by atoms with E-state index in [-0.39, 0.29) is 5.91 Å². The fraction of sp³-hybridized carbons (Fsp3) is 0.176. The van der Waals surface area contributed by atoms with E-state index in [1.54, 1.807) is 6.20 Å². The second kappa shape index (κ2) is 5.40. The van der Waals surface area contributed by atoms with E-state index in [1.807, 2.05) is 50.2 Å². The largest absolute Gasteiger partial charge is 0.358 e. The molecule has 0 aliphatic heterocycles. The number of carbonyl (C=O) groups is 1. The van der Waals surface area contributed by atoms with Crippen molar-refractivity contribution in [2.45, 2.75) is 20.4 Å². The number of aryl methyl sites for hydroxylation is 2. The number of H-pyrrole nitrogens is 1. The zero-order valence-corrected chi connectivity index (χ0v) is 12.1. The SMILES string of the molecule is Cc1ccc2[nH]c(C)c(C(=O)NCc3ccccn3)c2c1. The standard InChI is InChI=1S/C17H17N3O/c1-11-6-7-15-14(9-11)16(12(2)20-15)17(21)19-10-13-5-3-4-8-18-13/h3-9,20H,10H2,1-2H3,(H,19,21). The average Bonchev–Trinajstić information content (AvgIpc) is 2.81. The minimum atomic E-state index is -0.0741. The molecule has 1 amide bonds. The van der Waals surface area contributed by atoms with Gasteiger partial charge in [0, 0.05) is 22.8 Å². The molecule has 2 aromatic heterocycles. The Hall–Kier alpha value is -2.62. The molecule has 2 heterocycles. The number of pyridine rings is 1. The van der Waals surface area contributed by atoms with Gasteiger partial charge < -0.3 is 10.3 Å². The van der Waals surface area contributed by atoms with Gasteiger partial charge in [-0.05, 0) is 38.1 Å². The van der Waals surface area contributed by atoms with Crippen LogP contribution in [0.1, 0.15) is 27.3 Å². The summed E-state index contributed by atoms with van der Waals surface area (Å²) < 4.78 is 0. The topological polar surface area (TPSA) is 57.8 Å². The van der Waals surface area contributed by atoms with Crippen molar-refractivity contribution in [3.05, 3.63) is 65.1 Å². The first-order chi connectivity index (χ1) is 10.1. The van der Waals surface area contributed by atoms with Gasteiger partial charge in [0.15, 0.2) is 0 Å². The van der Waals surface area contributed by atoms with Crippen LogP contribution < -0.4 is 5.32 Å². The van der Waals surface area contributed by atoms with Gasteiger partial charge in [0.2, 0.25) is 0 Å². The summed E-state index contributed by atoms with van der Waals surface area (Å²) in [5, 5.41) is 3.90. The number of hydrogen-bond donors (Lipinski definition) is 2. The van der Waals surface area contributed by atoms with Crippen LogP contribution in [0.3, 0.4) is 0 Å². The molecule has 3 rings (SSSR count). The van der Waals surface area contributed by atoms with Gasteiger partial charge in [-0.25, -0.2) is 0 Å². The third kappa shape index (κ3) is 2.65. The first-order valence-corrected chi connectivity index (χ1v) is 6.92. The van der Waals surface area contributed by atoms with E-state index in [1.165, 1.54) is 0 Å². The molecule has 0 unspecified atom stereocenters. The highest BCUT2D eigenvalue weighted by Crippen LogP contribution is 2.23. The highest BCUT2D eigenvalue weighted by molar-refractivity contribution is 6.08. The number of rotatable bonds is 3. The van der Waals surface area contributed by atoms with Crippen molar-refractivity contribution in [2.75, 3.05) is 0 Å². The molecule has 0 aliphatic carbocycles. The Morgan fingerprint density at radius 1 is 1.24 bits per heavy atom. The number of aromatic amines is 1. The zero-order chi connectivity index (χ0) is 14.8. The first-order valence-electron chi connectivity index (χ1n) is 6.92. The quantitative estimate of drug-likeness (QED) is 0.774. The number of amides is 1. The molecular formula is C17H17N3O. The summed E-state index contributed by atoms with van der Waals surface area (Å²) in [5.41, 5.74) is 4.57. The van der Waals surface area contributed by atoms with Crippen LogP contribution in [0.5, 0.6) is 0 Å². The Labute approximate surface area is 123 Å². The lowest BCUT2D eigenvalue weighted by Gasteiger charge is -2.05. The maximum absolute atomic E-state index is 12.5. The smallest absolute Gasteiger partial charge is 0.254 e. The van der Waals surface area contributed by atoms with Crippen LogP contribution in [0.2, 0.25) is 0 Å². The fourth-order valence-corrected chi connectivity index (χ4v) is 2.49. The van der Waals surface area contributed by atoms with Crippen molar-refractivity contribution in [1.29, 1.82) is 0 Å². The van der Waals surface area contributed by atoms with E-state index in [2.05, 4.69) is 15.3 Å². The Morgan fingerprint density at radius 2 is 2.10 bits per heavy atom. The van der Waals surface area contributed by atoms with Gasteiger partial charge >= 0.3 is 0 Å². The van der Waals surface area contributed by atoms with E-state index in [0.29, 0.717) is 12.1 Å². The van der Waals surface area contributed by atoms with Crippen molar-refractivity contribution in [3.63, 3.8) is 0 Å². The molecule has 4 nitrogen and oxygen atoms in total. The predicted molar refractivity (Wildman–Crippen MR) is 83.2 cm³/mol. The molecule has 0 bridgehead atoms. The van der Waals surface area contributed by atoms with Gasteiger partial charge in [-0.15, -0.1) is 0 Å². The molecule has 0 atom stereocenters. The second-order valence-corrected chi connectivity index (χ2v) is 5.18. The van der Waals surface area contributed by atoms with Crippen LogP contribution in [0, 0.1) is 13.8 Å². The summed E-state index contributed by atoms with van der Waals surface area (Å²) in [5.74, 6) is -0.0741. The Kier molecular flexibility index (Phi) is 3.44. The highest BCUT2D eigenvalue weighted by atomic mass is 16.1. The lowest BCUT2D eigenvalue weighted by molar-refractivity contribution is 0.0951. The number of benzene rings is 1. The lowest BCUT2D eigenvalue weighted by atomic mass is 10.1. The van der Waals surface area contributed by atoms with E-state index in [9.17, 15) is 4.79 Å². The zero-order valence-electron chi connectivity index (χ0n) is 12.1. The molecule has 0 radical (unpaired) electrons. The fourth-order valence-electron chi connectivity index (χ4n) is 2.49. The van der Waals surface area contributed by atoms with Gasteiger partial charge in [0.05, 0.1) is 17.8 Å². The first kappa shape index (κ1) is 13.4. The number of carbonyl (C=O) groups excluding carboxylic acids is 1. The monoisotopic (exact) mass is 279 g/mol. The van der Waals surface area contributed by atoms with Gasteiger partial charge in [-0.2, -0.15) is 0 Å². The van der Waals surface area contributed by atoms with E-state index in [4.69, 9.17) is 0 Å². The molecule has 0 saturated heterocycles. The van der Waals surface area contributed by atoms with Crippen LogP contribution in [-0.2, 0) is 6.54 Å². The molecule has 2 N–H and O–H groups in total. The molecule has 0 spiro atoms. The third-order valence-corrected chi connectivity index (χ3v) is 3.52. The van der Waals surface area contributed by atoms with E-state index in [0.717, 1.165) is 27.9 Å². The van der Waals surface area contributed by atoms with Crippen molar-refractivity contribution in [1.82, 2.24) is 15.3 Å². The third-order valence-electron chi connectivity index (χ3n) is 3.52. The molecular weight excluding hydrogens is 262 g/mol. The van der Waals surface area contributed by atoms with E-state index < -0.39 is 0 Å². The number of hydrogen-bond acceptors (Lipinski definition) is 2. The lowest BCUT2D eigenvalue weighted by Crippen LogP contribution is -2.23. The van der Waals surface area contributed by atoms with Crippen LogP contribution in [0.25, 0.3) is 10.9 Å². The van der Waals surface area contributed by atoms with Gasteiger partial charge in [0.1, 0.15) is 0 Å². The molecule has 4 heteroatoms. The number of nitrogens with zero attached hydrogens (tertiary/aromatic N) is 1. The van der Waals surface area contributed by atoms with Crippen LogP contribution in [0.4, 0.5) is 0 Å². The van der Waals surface area contributed by atoms with Crippen LogP contribution >= 0.6 is 0 Å². The van der Waals surface area contributed by atoms with Crippen molar-refractivity contribution in [2.24, 2.45) is 0 Å². The van der Waals surface area contributed by atoms with Gasteiger partial charge in [-0.1, -0.05) is 17.7 Å². The van der Waals surface area contributed by atoms with Gasteiger partial charge in [-0.3, -0.25) is 9.78 Å². The Bertz CT molecular complexity index is 790. The van der Waals surface area contributed by atoms with Crippen molar-refractivity contribution >= 4 is 16.8 Å². The average molecular weight is 279 g/mol. The van der Waals surface area contributed by atoms with Crippen LogP contribution in [0.15, 0.2) is 42.6 Å². The number of nitrogens with one attached hydrogen (secondary N) is 2. The summed E-state index contributed by atoms with van der Waals surface area (Å²) in [6.07, 6.45) is 1.72. The minimum Gasteiger partial charge on any atom is -0.358 e. The molecule has 21 heavy (non-hydrogen) atoms. The molecule has 3 aromatic rings. The summed E-state index contributed by atoms with van der Waals surface area (Å²) in [6, 6.07) is 11.7. The predicted octanol–water partition coefficient (Wildman–Crippen LogP) is 3.11. The molecule has 0 aliphatic rings. The van der Waals surface area contributed by atoms with E-state index >= 15 is 0 Å².